The smallest absolute Gasteiger partial charge is 0.407 e. The number of hydrogen-bond acceptors (Lipinski definition) is 3. The second kappa shape index (κ2) is 11.9. The van der Waals surface area contributed by atoms with Gasteiger partial charge in [-0.2, -0.15) is 0 Å². The first-order chi connectivity index (χ1) is 11.6. The number of nitrogens with one attached hydrogen (secondary N) is 1. The molecule has 0 heterocycles. The Hall–Kier alpha value is -1.55. The summed E-state index contributed by atoms with van der Waals surface area (Å²) in [6, 6.07) is 9.33. The molecule has 3 atom stereocenters. The molecule has 4 nitrogen and oxygen atoms in total. The molecular weight excluding hydrogens is 302 g/mol. The Morgan fingerprint density at radius 3 is 2.50 bits per heavy atom. The van der Waals surface area contributed by atoms with Gasteiger partial charge in [-0.15, -0.1) is 0 Å². The Kier molecular flexibility index (Phi) is 10.2. The summed E-state index contributed by atoms with van der Waals surface area (Å²) in [5, 5.41) is 13.3. The van der Waals surface area contributed by atoms with Crippen LogP contribution in [0, 0.1) is 5.92 Å². The number of alkyl carbamates (subject to hydrolysis) is 1. The average Bonchev–Trinajstić information content (AvgIpc) is 2.61. The monoisotopic (exact) mass is 335 g/mol. The third-order valence-electron chi connectivity index (χ3n) is 4.52. The van der Waals surface area contributed by atoms with E-state index in [2.05, 4.69) is 26.1 Å². The van der Waals surface area contributed by atoms with Crippen LogP contribution in [-0.2, 0) is 11.3 Å². The number of aliphatic hydroxyl groups is 1. The average molecular weight is 335 g/mol. The minimum Gasteiger partial charge on any atom is -0.445 e. The van der Waals surface area contributed by atoms with Gasteiger partial charge in [0.25, 0.3) is 0 Å². The SMILES string of the molecule is CCCCCC[C@H](O)[C@@H](NC(=O)OCc1ccccc1)C(C)CC. The molecule has 1 rings (SSSR count). The molecule has 0 saturated heterocycles. The summed E-state index contributed by atoms with van der Waals surface area (Å²) >= 11 is 0. The molecular formula is C20H33NO3. The summed E-state index contributed by atoms with van der Waals surface area (Å²) in [7, 11) is 0. The van der Waals surface area contributed by atoms with E-state index in [-0.39, 0.29) is 18.6 Å². The zero-order valence-corrected chi connectivity index (χ0v) is 15.3. The summed E-state index contributed by atoms with van der Waals surface area (Å²) in [5.74, 6) is 0.204. The van der Waals surface area contributed by atoms with Gasteiger partial charge in [0, 0.05) is 0 Å². The van der Waals surface area contributed by atoms with Gasteiger partial charge in [0.15, 0.2) is 0 Å². The first kappa shape index (κ1) is 20.5. The molecule has 0 aliphatic rings. The van der Waals surface area contributed by atoms with Crippen LogP contribution in [0.2, 0.25) is 0 Å². The molecule has 24 heavy (non-hydrogen) atoms. The van der Waals surface area contributed by atoms with E-state index in [1.165, 1.54) is 12.8 Å². The Morgan fingerprint density at radius 1 is 1.17 bits per heavy atom. The maximum Gasteiger partial charge on any atom is 0.407 e. The molecule has 1 unspecified atom stereocenters. The molecule has 0 bridgehead atoms. The van der Waals surface area contributed by atoms with Gasteiger partial charge in [-0.3, -0.25) is 0 Å². The maximum absolute atomic E-state index is 12.1. The van der Waals surface area contributed by atoms with E-state index < -0.39 is 12.2 Å². The number of ether oxygens (including phenoxy) is 1. The Labute approximate surface area is 146 Å². The fourth-order valence-corrected chi connectivity index (χ4v) is 2.73. The quantitative estimate of drug-likeness (QED) is 0.578. The highest BCUT2D eigenvalue weighted by atomic mass is 16.5. The van der Waals surface area contributed by atoms with Gasteiger partial charge in [-0.1, -0.05) is 83.2 Å². The molecule has 0 aliphatic heterocycles. The second-order valence-corrected chi connectivity index (χ2v) is 6.53. The topological polar surface area (TPSA) is 58.6 Å². The van der Waals surface area contributed by atoms with Crippen LogP contribution in [0.3, 0.4) is 0 Å². The largest absolute Gasteiger partial charge is 0.445 e. The van der Waals surface area contributed by atoms with Crippen molar-refractivity contribution >= 4 is 6.09 Å². The van der Waals surface area contributed by atoms with Crippen LogP contribution in [-0.4, -0.2) is 23.3 Å². The normalized spacial score (nSPS) is 14.7. The van der Waals surface area contributed by atoms with Crippen LogP contribution in [0.4, 0.5) is 4.79 Å². The lowest BCUT2D eigenvalue weighted by Crippen LogP contribution is -2.47. The Balaban J connectivity index is 2.47. The molecule has 0 radical (unpaired) electrons. The van der Waals surface area contributed by atoms with Crippen molar-refractivity contribution in [1.29, 1.82) is 0 Å². The van der Waals surface area contributed by atoms with E-state index in [0.717, 1.165) is 24.8 Å². The molecule has 4 heteroatoms. The predicted octanol–water partition coefficient (Wildman–Crippen LogP) is 4.66. The van der Waals surface area contributed by atoms with Gasteiger partial charge < -0.3 is 15.2 Å². The number of carbonyl (C=O) groups is 1. The third kappa shape index (κ3) is 7.82. The lowest BCUT2D eigenvalue weighted by Gasteiger charge is -2.28. The molecule has 2 N–H and O–H groups in total. The molecule has 1 aromatic rings. The van der Waals surface area contributed by atoms with Crippen molar-refractivity contribution in [2.24, 2.45) is 5.92 Å². The van der Waals surface area contributed by atoms with E-state index >= 15 is 0 Å². The van der Waals surface area contributed by atoms with Crippen molar-refractivity contribution in [2.75, 3.05) is 0 Å². The first-order valence-corrected chi connectivity index (χ1v) is 9.23. The van der Waals surface area contributed by atoms with E-state index in [1.807, 2.05) is 30.3 Å². The van der Waals surface area contributed by atoms with Gasteiger partial charge in [0.2, 0.25) is 0 Å². The third-order valence-corrected chi connectivity index (χ3v) is 4.52. The lowest BCUT2D eigenvalue weighted by molar-refractivity contribution is 0.0755. The Morgan fingerprint density at radius 2 is 1.88 bits per heavy atom. The number of rotatable bonds is 11. The summed E-state index contributed by atoms with van der Waals surface area (Å²) in [6.45, 7) is 6.53. The van der Waals surface area contributed by atoms with Crippen LogP contribution >= 0.6 is 0 Å². The van der Waals surface area contributed by atoms with Gasteiger partial charge in [0.1, 0.15) is 6.61 Å². The zero-order chi connectivity index (χ0) is 17.8. The van der Waals surface area contributed by atoms with Crippen LogP contribution < -0.4 is 5.32 Å². The standard InChI is InChI=1S/C20H33NO3/c1-4-6-7-11-14-18(22)19(16(3)5-2)21-20(23)24-15-17-12-9-8-10-13-17/h8-10,12-13,16,18-19,22H,4-7,11,14-15H2,1-3H3,(H,21,23)/t16?,18-,19-/m0/s1. The summed E-state index contributed by atoms with van der Waals surface area (Å²) < 4.78 is 5.29. The molecule has 1 amide bonds. The summed E-state index contributed by atoms with van der Waals surface area (Å²) in [6.07, 6.45) is 5.10. The zero-order valence-electron chi connectivity index (χ0n) is 15.3. The fourth-order valence-electron chi connectivity index (χ4n) is 2.73. The van der Waals surface area contributed by atoms with Crippen molar-refractivity contribution in [1.82, 2.24) is 5.32 Å². The van der Waals surface area contributed by atoms with E-state index in [9.17, 15) is 9.90 Å². The van der Waals surface area contributed by atoms with Gasteiger partial charge in [0.05, 0.1) is 12.1 Å². The highest BCUT2D eigenvalue weighted by Crippen LogP contribution is 2.17. The number of hydrogen-bond donors (Lipinski definition) is 2. The molecule has 0 fully saturated rings. The number of benzene rings is 1. The number of carbonyl (C=O) groups excluding carboxylic acids is 1. The minimum atomic E-state index is -0.527. The molecule has 0 saturated carbocycles. The molecule has 0 aliphatic carbocycles. The molecule has 1 aromatic carbocycles. The van der Waals surface area contributed by atoms with Crippen molar-refractivity contribution in [2.45, 2.75) is 78.0 Å². The second-order valence-electron chi connectivity index (χ2n) is 6.53. The minimum absolute atomic E-state index is 0.204. The fraction of sp³-hybridized carbons (Fsp3) is 0.650. The van der Waals surface area contributed by atoms with Crippen molar-refractivity contribution in [3.63, 3.8) is 0 Å². The van der Waals surface area contributed by atoms with Crippen LogP contribution in [0.15, 0.2) is 30.3 Å². The van der Waals surface area contributed by atoms with Gasteiger partial charge >= 0.3 is 6.09 Å². The Bertz CT molecular complexity index is 449. The molecule has 0 spiro atoms. The number of unbranched alkanes of at least 4 members (excludes halogenated alkanes) is 3. The van der Waals surface area contributed by atoms with Crippen molar-refractivity contribution in [3.8, 4) is 0 Å². The van der Waals surface area contributed by atoms with E-state index in [1.54, 1.807) is 0 Å². The highest BCUT2D eigenvalue weighted by Gasteiger charge is 2.26. The summed E-state index contributed by atoms with van der Waals surface area (Å²) in [5.41, 5.74) is 0.952. The predicted molar refractivity (Wildman–Crippen MR) is 97.8 cm³/mol. The number of amides is 1. The first-order valence-electron chi connectivity index (χ1n) is 9.23. The van der Waals surface area contributed by atoms with Crippen LogP contribution in [0.25, 0.3) is 0 Å². The number of aliphatic hydroxyl groups excluding tert-OH is 1. The van der Waals surface area contributed by atoms with E-state index in [0.29, 0.717) is 6.42 Å². The highest BCUT2D eigenvalue weighted by molar-refractivity contribution is 5.67. The summed E-state index contributed by atoms with van der Waals surface area (Å²) in [4.78, 5) is 12.1. The van der Waals surface area contributed by atoms with Crippen molar-refractivity contribution < 1.29 is 14.6 Å². The van der Waals surface area contributed by atoms with Crippen LogP contribution in [0.1, 0.15) is 64.9 Å². The van der Waals surface area contributed by atoms with E-state index in [4.69, 9.17) is 4.74 Å². The molecule has 0 aromatic heterocycles. The maximum atomic E-state index is 12.1. The molecule has 136 valence electrons. The van der Waals surface area contributed by atoms with Gasteiger partial charge in [-0.25, -0.2) is 4.79 Å². The lowest BCUT2D eigenvalue weighted by atomic mass is 9.91. The van der Waals surface area contributed by atoms with Crippen molar-refractivity contribution in [3.05, 3.63) is 35.9 Å². The van der Waals surface area contributed by atoms with Gasteiger partial charge in [-0.05, 0) is 17.9 Å². The van der Waals surface area contributed by atoms with Crippen LogP contribution in [0.5, 0.6) is 0 Å².